The monoisotopic (exact) mass is 1740 g/mol. The van der Waals surface area contributed by atoms with Gasteiger partial charge in [0.05, 0.1) is 101 Å². The third kappa shape index (κ3) is 14.9. The summed E-state index contributed by atoms with van der Waals surface area (Å²) in [6.45, 7) is -2.22. The Kier molecular flexibility index (Phi) is 20.0. The summed E-state index contributed by atoms with van der Waals surface area (Å²) < 4.78 is 318. The number of nitrogens with zero attached hydrogens (tertiary/aromatic N) is 12. The first kappa shape index (κ1) is 81.8. The molecule has 0 radical (unpaired) electrons. The molecule has 620 valence electrons. The molecule has 6 atom stereocenters. The van der Waals surface area contributed by atoms with Crippen LogP contribution in [0.5, 0.6) is 0 Å². The van der Waals surface area contributed by atoms with Gasteiger partial charge in [0.1, 0.15) is 70.8 Å². The molecular formula is C72H52Cl2F18N16O8S2. The number of amides is 2. The Morgan fingerprint density at radius 2 is 0.873 bits per heavy atom. The Morgan fingerprint density at radius 3 is 1.19 bits per heavy atom. The van der Waals surface area contributed by atoms with E-state index in [1.165, 1.54) is 38.4 Å². The van der Waals surface area contributed by atoms with Gasteiger partial charge in [0.25, 0.3) is 35.8 Å². The van der Waals surface area contributed by atoms with Gasteiger partial charge in [0, 0.05) is 62.0 Å². The van der Waals surface area contributed by atoms with Crippen molar-refractivity contribution in [2.24, 2.45) is 25.9 Å². The highest BCUT2D eigenvalue weighted by Crippen LogP contribution is 2.69. The van der Waals surface area contributed by atoms with E-state index in [0.717, 1.165) is 67.4 Å². The lowest BCUT2D eigenvalue weighted by molar-refractivity contribution is -0.138. The number of benzene rings is 6. The highest BCUT2D eigenvalue weighted by molar-refractivity contribution is 7.92. The first-order valence-corrected chi connectivity index (χ1v) is 39.2. The van der Waals surface area contributed by atoms with Crippen LogP contribution in [0.25, 0.3) is 55.0 Å². The van der Waals surface area contributed by atoms with Crippen molar-refractivity contribution in [3.05, 3.63) is 219 Å². The Morgan fingerprint density at radius 1 is 0.525 bits per heavy atom. The maximum absolute atomic E-state index is 15.4. The number of rotatable bonds is 20. The Bertz CT molecular complexity index is 6220. The van der Waals surface area contributed by atoms with Crippen molar-refractivity contribution >= 4 is 110 Å². The zero-order chi connectivity index (χ0) is 85.3. The first-order valence-electron chi connectivity index (χ1n) is 34.6. The number of fused-ring (bicyclic) bond motifs is 10. The Hall–Kier alpha value is -11.3. The van der Waals surface area contributed by atoms with Crippen molar-refractivity contribution in [3.63, 3.8) is 0 Å². The number of hydrogen-bond donors (Lipinski definition) is 4. The quantitative estimate of drug-likeness (QED) is 0.0516. The van der Waals surface area contributed by atoms with Gasteiger partial charge >= 0.3 is 12.4 Å². The molecule has 0 bridgehead atoms. The van der Waals surface area contributed by atoms with Crippen molar-refractivity contribution in [1.29, 1.82) is 0 Å². The fourth-order valence-corrected chi connectivity index (χ4v) is 17.0. The minimum absolute atomic E-state index is 0.0469. The summed E-state index contributed by atoms with van der Waals surface area (Å²) in [5.41, 5.74) is -10.9. The van der Waals surface area contributed by atoms with Gasteiger partial charge in [-0.2, -0.15) is 64.3 Å². The summed E-state index contributed by atoms with van der Waals surface area (Å²) in [5, 5.41) is 19.5. The molecule has 6 aromatic heterocycles. The second-order valence-electron chi connectivity index (χ2n) is 28.5. The molecule has 12 aromatic rings. The summed E-state index contributed by atoms with van der Waals surface area (Å²) >= 11 is 13.0. The van der Waals surface area contributed by atoms with Gasteiger partial charge in [-0.1, -0.05) is 23.2 Å². The number of nitrogens with one attached hydrogen (secondary N) is 4. The fourth-order valence-electron chi connectivity index (χ4n) is 15.5. The number of anilines is 2. The molecule has 2 amide bonds. The van der Waals surface area contributed by atoms with Crippen LogP contribution in [0.2, 0.25) is 10.0 Å². The lowest BCUT2D eigenvalue weighted by atomic mass is 10.0. The SMILES string of the molecule is Cn1nc(NS(C)(=O)=O)c2c(Cl)ccc(-n3c(C(Cc4cc(F)cc(F)c4)NC(=O)Cn4nc(C(F)F)c5c4C(F)(F)[C@@H]4C[C@H]54)nc4cc(C(F)(F)F)ccc4c3=O)c21.Cn1nc(NS(C)(=O)=O)c2c(Cl)ccc(-n3c([C@H](Cc4cc(F)cc(F)c4)NC(=O)Cn4nc(C(F)F)c5c4C(F)(F)[C@@H]4C[C@H]54)nc4cc(C(F)(F)F)ccc4c3=O)c21. The largest absolute Gasteiger partial charge is 0.416 e. The predicted molar refractivity (Wildman–Crippen MR) is 386 cm³/mol. The van der Waals surface area contributed by atoms with Crippen molar-refractivity contribution in [2.75, 3.05) is 22.0 Å². The average molecular weight is 1750 g/mol. The summed E-state index contributed by atoms with van der Waals surface area (Å²) in [5.74, 6) is -20.1. The molecule has 6 heterocycles. The van der Waals surface area contributed by atoms with Crippen LogP contribution in [-0.2, 0) is 93.9 Å². The van der Waals surface area contributed by atoms with E-state index >= 15 is 17.6 Å². The summed E-state index contributed by atoms with van der Waals surface area (Å²) in [6, 6.07) is 9.95. The van der Waals surface area contributed by atoms with Gasteiger partial charge in [-0.25, -0.2) is 61.9 Å². The lowest BCUT2D eigenvalue weighted by Crippen LogP contribution is -2.38. The standard InChI is InChI=1S/2C36H26ClF9N8O4S/c2*1-52-29-24(6-5-21(37)27(29)32(50-52)51-59(2,57)58)54-33(48-22-10-15(36(44,45)46)3-4-18(22)34(54)56)23(9-14-7-16(38)11-17(39)8-14)47-25(55)13-53-30-26(28(49-53)31(40)41)19-12-20(19)35(30,42)43/h2*3-8,10-11,19-20,23,31H,9,12-13H2,1-2H3,(H,47,55)(H,50,51)/t19-,20+,23?;19-,20+,23-/m00/s1. The van der Waals surface area contributed by atoms with Crippen molar-refractivity contribution in [1.82, 2.24) is 68.9 Å². The van der Waals surface area contributed by atoms with Gasteiger partial charge in [-0.05, 0) is 121 Å². The molecule has 118 heavy (non-hydrogen) atoms. The number of sulfonamides is 2. The number of carbonyl (C=O) groups excluding carboxylic acids is 2. The highest BCUT2D eigenvalue weighted by Gasteiger charge is 2.68. The van der Waals surface area contributed by atoms with E-state index in [1.807, 2.05) is 0 Å². The van der Waals surface area contributed by atoms with Crippen molar-refractivity contribution in [3.8, 4) is 11.4 Å². The maximum atomic E-state index is 15.4. The third-order valence-electron chi connectivity index (χ3n) is 20.3. The van der Waals surface area contributed by atoms with E-state index < -0.39 is 232 Å². The van der Waals surface area contributed by atoms with Gasteiger partial charge in [0.2, 0.25) is 31.9 Å². The van der Waals surface area contributed by atoms with Gasteiger partial charge in [-0.3, -0.25) is 56.5 Å². The molecule has 4 aliphatic carbocycles. The van der Waals surface area contributed by atoms with Crippen LogP contribution in [0, 0.1) is 35.1 Å². The van der Waals surface area contributed by atoms with Crippen LogP contribution in [0.3, 0.4) is 0 Å². The Labute approximate surface area is 659 Å². The van der Waals surface area contributed by atoms with Gasteiger partial charge < -0.3 is 10.6 Å². The molecule has 0 aliphatic heterocycles. The zero-order valence-electron chi connectivity index (χ0n) is 60.1. The predicted octanol–water partition coefficient (Wildman–Crippen LogP) is 14.1. The summed E-state index contributed by atoms with van der Waals surface area (Å²) in [6.07, 6.45) is -16.2. The van der Waals surface area contributed by atoms with Crippen LogP contribution < -0.4 is 31.2 Å². The molecule has 4 N–H and O–H groups in total. The molecule has 6 aromatic carbocycles. The van der Waals surface area contributed by atoms with Crippen LogP contribution in [0.15, 0.2) is 107 Å². The van der Waals surface area contributed by atoms with Crippen LogP contribution in [0.1, 0.15) is 117 Å². The normalized spacial score (nSPS) is 17.7. The van der Waals surface area contributed by atoms with Gasteiger partial charge in [-0.15, -0.1) is 0 Å². The molecule has 16 rings (SSSR count). The molecule has 46 heteroatoms. The topological polar surface area (TPSA) is 292 Å². The average Bonchev–Trinajstić information content (AvgIpc) is 1.52. The highest BCUT2D eigenvalue weighted by atomic mass is 35.5. The molecule has 0 saturated heterocycles. The van der Waals surface area contributed by atoms with E-state index in [-0.39, 0.29) is 90.0 Å². The van der Waals surface area contributed by atoms with Crippen molar-refractivity contribution < 1.29 is 105 Å². The number of aryl methyl sites for hydroxylation is 2. The third-order valence-corrected chi connectivity index (χ3v) is 22.0. The van der Waals surface area contributed by atoms with Crippen LogP contribution >= 0.6 is 23.2 Å². The number of hydrogen-bond acceptors (Lipinski definition) is 14. The molecule has 1 unspecified atom stereocenters. The summed E-state index contributed by atoms with van der Waals surface area (Å²) in [4.78, 5) is 65.8. The molecular weight excluding hydrogens is 1690 g/mol. The van der Waals surface area contributed by atoms with E-state index in [9.17, 15) is 97.5 Å². The molecule has 24 nitrogen and oxygen atoms in total. The first-order chi connectivity index (χ1) is 55.1. The maximum Gasteiger partial charge on any atom is 0.416 e. The van der Waals surface area contributed by atoms with E-state index in [2.05, 4.69) is 50.4 Å². The zero-order valence-corrected chi connectivity index (χ0v) is 63.3. The van der Waals surface area contributed by atoms with Crippen LogP contribution in [-0.4, -0.2) is 99.4 Å². The smallest absolute Gasteiger partial charge is 0.344 e. The second-order valence-corrected chi connectivity index (χ2v) is 32.8. The van der Waals surface area contributed by atoms with E-state index in [1.54, 1.807) is 0 Å². The molecule has 2 fully saturated rings. The fraction of sp³-hybridized carbons (Fsp3) is 0.306. The number of carbonyl (C=O) groups is 2. The number of aromatic nitrogens is 12. The minimum atomic E-state index is -4.93. The van der Waals surface area contributed by atoms with Crippen molar-refractivity contribution in [2.45, 2.75) is 99.7 Å². The molecule has 2 saturated carbocycles. The second kappa shape index (κ2) is 28.8. The van der Waals surface area contributed by atoms with E-state index in [0.29, 0.717) is 45.8 Å². The molecule has 4 aliphatic rings. The lowest BCUT2D eigenvalue weighted by Gasteiger charge is -2.24. The number of halogens is 20. The minimum Gasteiger partial charge on any atom is -0.344 e. The molecule has 0 spiro atoms. The van der Waals surface area contributed by atoms with Crippen LogP contribution in [0.4, 0.5) is 90.7 Å². The number of alkyl halides is 14. The summed E-state index contributed by atoms with van der Waals surface area (Å²) in [7, 11) is -5.28. The van der Waals surface area contributed by atoms with E-state index in [4.69, 9.17) is 23.2 Å². The van der Waals surface area contributed by atoms with Gasteiger partial charge in [0.15, 0.2) is 11.6 Å². The Balaban J connectivity index is 0.000000185.